The van der Waals surface area contributed by atoms with Crippen molar-refractivity contribution in [2.24, 2.45) is 0 Å². The topological polar surface area (TPSA) is 87.7 Å². The van der Waals surface area contributed by atoms with E-state index in [1.165, 1.54) is 0 Å². The fourth-order valence-corrected chi connectivity index (χ4v) is 2.40. The molecule has 7 nitrogen and oxygen atoms in total. The molecule has 1 aliphatic heterocycles. The predicted octanol–water partition coefficient (Wildman–Crippen LogP) is 1.82. The standard InChI is InChI=1S/C17H23N3O4/c1-2-3-9-18-17(23)19-15(21)12-24-14-7-4-6-13(11-14)20-10-5-8-16(20)22/h4,6-7,11H,2-3,5,8-10,12H2,1H3,(H2,18,19,21,23). The fraction of sp³-hybridized carbons (Fsp3) is 0.471. The van der Waals surface area contributed by atoms with Gasteiger partial charge in [-0.2, -0.15) is 0 Å². The molecule has 0 spiro atoms. The van der Waals surface area contributed by atoms with Gasteiger partial charge in [-0.15, -0.1) is 0 Å². The Labute approximate surface area is 141 Å². The summed E-state index contributed by atoms with van der Waals surface area (Å²) in [6.07, 6.45) is 3.23. The molecule has 0 bridgehead atoms. The first-order valence-corrected chi connectivity index (χ1v) is 8.21. The molecule has 0 saturated carbocycles. The number of nitrogens with one attached hydrogen (secondary N) is 2. The summed E-state index contributed by atoms with van der Waals surface area (Å²) >= 11 is 0. The lowest BCUT2D eigenvalue weighted by atomic mass is 10.3. The third-order valence-electron chi connectivity index (χ3n) is 3.64. The third kappa shape index (κ3) is 5.26. The van der Waals surface area contributed by atoms with Gasteiger partial charge >= 0.3 is 6.03 Å². The van der Waals surface area contributed by atoms with E-state index in [9.17, 15) is 14.4 Å². The number of nitrogens with zero attached hydrogens (tertiary/aromatic N) is 1. The number of imide groups is 1. The molecule has 1 aromatic carbocycles. The minimum atomic E-state index is -0.522. The molecule has 24 heavy (non-hydrogen) atoms. The normalized spacial score (nSPS) is 13.7. The number of carbonyl (C=O) groups is 3. The van der Waals surface area contributed by atoms with E-state index in [2.05, 4.69) is 10.6 Å². The molecule has 0 aromatic heterocycles. The summed E-state index contributed by atoms with van der Waals surface area (Å²) < 4.78 is 5.40. The van der Waals surface area contributed by atoms with Crippen molar-refractivity contribution < 1.29 is 19.1 Å². The van der Waals surface area contributed by atoms with Crippen molar-refractivity contribution in [1.29, 1.82) is 0 Å². The van der Waals surface area contributed by atoms with Crippen molar-refractivity contribution in [3.05, 3.63) is 24.3 Å². The molecule has 1 fully saturated rings. The summed E-state index contributed by atoms with van der Waals surface area (Å²) in [7, 11) is 0. The van der Waals surface area contributed by atoms with Gasteiger partial charge in [0.05, 0.1) is 0 Å². The Kier molecular flexibility index (Phi) is 6.60. The van der Waals surface area contributed by atoms with E-state index in [-0.39, 0.29) is 12.5 Å². The average molecular weight is 333 g/mol. The van der Waals surface area contributed by atoms with Crippen LogP contribution in [-0.4, -0.2) is 37.5 Å². The maximum Gasteiger partial charge on any atom is 0.321 e. The molecule has 130 valence electrons. The number of hydrogen-bond acceptors (Lipinski definition) is 4. The highest BCUT2D eigenvalue weighted by atomic mass is 16.5. The SMILES string of the molecule is CCCCNC(=O)NC(=O)COc1cccc(N2CCCC2=O)c1. The van der Waals surface area contributed by atoms with Gasteiger partial charge in [0.25, 0.3) is 5.91 Å². The Balaban J connectivity index is 1.80. The first-order valence-electron chi connectivity index (χ1n) is 8.21. The van der Waals surface area contributed by atoms with E-state index in [1.54, 1.807) is 23.1 Å². The van der Waals surface area contributed by atoms with Crippen molar-refractivity contribution in [2.45, 2.75) is 32.6 Å². The number of benzene rings is 1. The van der Waals surface area contributed by atoms with Gasteiger partial charge in [0.1, 0.15) is 5.75 Å². The lowest BCUT2D eigenvalue weighted by Gasteiger charge is -2.16. The van der Waals surface area contributed by atoms with Crippen LogP contribution in [0.4, 0.5) is 10.5 Å². The van der Waals surface area contributed by atoms with Crippen LogP contribution in [0.3, 0.4) is 0 Å². The van der Waals surface area contributed by atoms with Gasteiger partial charge in [-0.3, -0.25) is 14.9 Å². The molecular weight excluding hydrogens is 310 g/mol. The van der Waals surface area contributed by atoms with E-state index >= 15 is 0 Å². The Bertz CT molecular complexity index is 603. The van der Waals surface area contributed by atoms with E-state index in [0.717, 1.165) is 24.9 Å². The zero-order chi connectivity index (χ0) is 17.4. The van der Waals surface area contributed by atoms with Crippen molar-refractivity contribution in [3.63, 3.8) is 0 Å². The zero-order valence-corrected chi connectivity index (χ0v) is 13.8. The average Bonchev–Trinajstić information content (AvgIpc) is 2.99. The monoisotopic (exact) mass is 333 g/mol. The number of amides is 4. The first kappa shape index (κ1) is 17.8. The number of carbonyl (C=O) groups excluding carboxylic acids is 3. The molecule has 7 heteroatoms. The van der Waals surface area contributed by atoms with Crippen LogP contribution < -0.4 is 20.3 Å². The molecule has 1 aliphatic rings. The molecule has 0 atom stereocenters. The summed E-state index contributed by atoms with van der Waals surface area (Å²) in [6, 6.07) is 6.51. The highest BCUT2D eigenvalue weighted by molar-refractivity contribution is 5.96. The highest BCUT2D eigenvalue weighted by Gasteiger charge is 2.21. The molecule has 0 aliphatic carbocycles. The van der Waals surface area contributed by atoms with Crippen LogP contribution in [0.25, 0.3) is 0 Å². The van der Waals surface area contributed by atoms with E-state index in [1.807, 2.05) is 13.0 Å². The second kappa shape index (κ2) is 8.90. The van der Waals surface area contributed by atoms with Crippen LogP contribution in [0.15, 0.2) is 24.3 Å². The summed E-state index contributed by atoms with van der Waals surface area (Å²) in [6.45, 7) is 2.98. The molecule has 1 heterocycles. The minimum absolute atomic E-state index is 0.0913. The Hall–Kier alpha value is -2.57. The van der Waals surface area contributed by atoms with Crippen molar-refractivity contribution in [3.8, 4) is 5.75 Å². The number of ether oxygens (including phenoxy) is 1. The third-order valence-corrected chi connectivity index (χ3v) is 3.64. The van der Waals surface area contributed by atoms with Gasteiger partial charge < -0.3 is 15.0 Å². The Morgan fingerprint density at radius 1 is 1.33 bits per heavy atom. The van der Waals surface area contributed by atoms with Crippen molar-refractivity contribution in [2.75, 3.05) is 24.6 Å². The van der Waals surface area contributed by atoms with Crippen molar-refractivity contribution >= 4 is 23.5 Å². The summed E-state index contributed by atoms with van der Waals surface area (Å²) in [5.41, 5.74) is 0.757. The van der Waals surface area contributed by atoms with Crippen LogP contribution in [0.2, 0.25) is 0 Å². The lowest BCUT2D eigenvalue weighted by molar-refractivity contribution is -0.122. The zero-order valence-electron chi connectivity index (χ0n) is 13.8. The molecule has 1 aromatic rings. The summed E-state index contributed by atoms with van der Waals surface area (Å²) in [5, 5.41) is 4.80. The smallest absolute Gasteiger partial charge is 0.321 e. The van der Waals surface area contributed by atoms with Crippen LogP contribution in [0, 0.1) is 0 Å². The maximum absolute atomic E-state index is 11.8. The summed E-state index contributed by atoms with van der Waals surface area (Å²) in [5.74, 6) is 0.0500. The molecule has 0 radical (unpaired) electrons. The number of hydrogen-bond donors (Lipinski definition) is 2. The van der Waals surface area contributed by atoms with Crippen LogP contribution >= 0.6 is 0 Å². The lowest BCUT2D eigenvalue weighted by Crippen LogP contribution is -2.41. The fourth-order valence-electron chi connectivity index (χ4n) is 2.40. The van der Waals surface area contributed by atoms with Gasteiger partial charge in [-0.1, -0.05) is 19.4 Å². The van der Waals surface area contributed by atoms with Gasteiger partial charge in [0.15, 0.2) is 6.61 Å². The molecule has 2 rings (SSSR count). The van der Waals surface area contributed by atoms with Gasteiger partial charge in [0, 0.05) is 31.3 Å². The van der Waals surface area contributed by atoms with Crippen LogP contribution in [0.1, 0.15) is 32.6 Å². The molecular formula is C17H23N3O4. The van der Waals surface area contributed by atoms with Crippen LogP contribution in [-0.2, 0) is 9.59 Å². The summed E-state index contributed by atoms with van der Waals surface area (Å²) in [4.78, 5) is 36.6. The Morgan fingerprint density at radius 3 is 2.88 bits per heavy atom. The number of anilines is 1. The maximum atomic E-state index is 11.8. The number of rotatable bonds is 7. The molecule has 4 amide bonds. The van der Waals surface area contributed by atoms with Crippen LogP contribution in [0.5, 0.6) is 5.75 Å². The quantitative estimate of drug-likeness (QED) is 0.745. The Morgan fingerprint density at radius 2 is 2.17 bits per heavy atom. The predicted molar refractivity (Wildman–Crippen MR) is 90.0 cm³/mol. The van der Waals surface area contributed by atoms with Gasteiger partial charge in [-0.05, 0) is 25.0 Å². The molecule has 1 saturated heterocycles. The molecule has 2 N–H and O–H groups in total. The van der Waals surface area contributed by atoms with E-state index in [0.29, 0.717) is 25.3 Å². The number of unbranched alkanes of at least 4 members (excludes halogenated alkanes) is 1. The van der Waals surface area contributed by atoms with E-state index < -0.39 is 11.9 Å². The largest absolute Gasteiger partial charge is 0.484 e. The number of urea groups is 1. The van der Waals surface area contributed by atoms with Crippen molar-refractivity contribution in [1.82, 2.24) is 10.6 Å². The van der Waals surface area contributed by atoms with E-state index in [4.69, 9.17) is 4.74 Å². The molecule has 0 unspecified atom stereocenters. The van der Waals surface area contributed by atoms with Gasteiger partial charge in [-0.25, -0.2) is 4.79 Å². The van der Waals surface area contributed by atoms with Gasteiger partial charge in [0.2, 0.25) is 5.91 Å². The highest BCUT2D eigenvalue weighted by Crippen LogP contribution is 2.25. The first-order chi connectivity index (χ1) is 11.6. The second-order valence-corrected chi connectivity index (χ2v) is 5.59. The second-order valence-electron chi connectivity index (χ2n) is 5.59. The minimum Gasteiger partial charge on any atom is -0.484 e.